The lowest BCUT2D eigenvalue weighted by atomic mass is 9.80. The van der Waals surface area contributed by atoms with Crippen molar-refractivity contribution in [2.24, 2.45) is 0 Å². The van der Waals surface area contributed by atoms with Crippen LogP contribution >= 0.6 is 24.0 Å². The number of aromatic nitrogens is 7. The average Bonchev–Trinajstić information content (AvgIpc) is 1.60. The van der Waals surface area contributed by atoms with Crippen molar-refractivity contribution in [1.29, 1.82) is 0 Å². The van der Waals surface area contributed by atoms with Crippen LogP contribution in [-0.4, -0.2) is 138 Å². The summed E-state index contributed by atoms with van der Waals surface area (Å²) in [5.41, 5.74) is 14.1. The Bertz CT molecular complexity index is 5130. The highest BCUT2D eigenvalue weighted by molar-refractivity contribution is 14.0. The van der Waals surface area contributed by atoms with Gasteiger partial charge in [0.05, 0.1) is 80.9 Å². The summed E-state index contributed by atoms with van der Waals surface area (Å²) in [4.78, 5) is 71.0. The molecule has 6 aliphatic rings. The number of fused-ring (bicyclic) bond motifs is 2. The molecule has 5 aromatic heterocycles. The highest BCUT2D eigenvalue weighted by Gasteiger charge is 2.38. The number of nitrogens with one attached hydrogen (secondary N) is 4. The predicted octanol–water partition coefficient (Wildman–Crippen LogP) is 16.9. The van der Waals surface area contributed by atoms with Crippen LogP contribution in [-0.2, 0) is 38.2 Å². The van der Waals surface area contributed by atoms with Gasteiger partial charge >= 0.3 is 7.12 Å². The zero-order valence-corrected chi connectivity index (χ0v) is 70.4. The molecule has 119 heavy (non-hydrogen) atoms. The molecular weight excluding hydrogens is 1650 g/mol. The first-order valence-electron chi connectivity index (χ1n) is 40.2. The van der Waals surface area contributed by atoms with E-state index in [9.17, 15) is 36.7 Å². The van der Waals surface area contributed by atoms with E-state index in [1.807, 2.05) is 59.7 Å². The highest BCUT2D eigenvalue weighted by atomic mass is 127. The van der Waals surface area contributed by atoms with Gasteiger partial charge in [-0.25, -0.2) is 27.5 Å². The van der Waals surface area contributed by atoms with E-state index in [2.05, 4.69) is 82.3 Å². The fourth-order valence-corrected chi connectivity index (χ4v) is 17.1. The Morgan fingerprint density at radius 1 is 0.529 bits per heavy atom. The van der Waals surface area contributed by atoms with Crippen LogP contribution in [0.3, 0.4) is 0 Å². The molecule has 4 amide bonds. The van der Waals surface area contributed by atoms with Crippen LogP contribution in [0.2, 0.25) is 0 Å². The number of hydrogen-bond donors (Lipinski definition) is 7. The summed E-state index contributed by atoms with van der Waals surface area (Å²) in [5, 5.41) is 49.4. The Morgan fingerprint density at radius 3 is 1.44 bits per heavy atom. The molecule has 6 fully saturated rings. The van der Waals surface area contributed by atoms with Gasteiger partial charge < -0.3 is 78.2 Å². The number of benzene rings is 5. The number of carboxylic acid groups (broad SMARTS) is 1. The van der Waals surface area contributed by atoms with Crippen LogP contribution in [0.1, 0.15) is 221 Å². The molecule has 3 aliphatic carbocycles. The SMILES string of the molecule is C.CC(=O)O.COC1CCC(Nc2ccc(-c3c(C)noc3C)cc2NC(=O)[C@@H]2CCCC(=O)N2)CC1.COC1CCC(n2c([C@@H]3CCCC(=O)N3)nc3cc(-c4c(C)noc4C)ccc32)CC1.COC1CCC(n2c([C@@H]3CCCC(=O)N3c3ccc(F)c(F)c3)nc3cc(-c4c(C)noc4C)ccc32)CC1.I.OB(O)c1ccc(F)c(F)c1.[2HH]. The number of anilines is 3. The molecule has 3 saturated carbocycles. The van der Waals surface area contributed by atoms with E-state index in [0.29, 0.717) is 74.2 Å². The van der Waals surface area contributed by atoms with Crippen molar-refractivity contribution in [3.8, 4) is 33.4 Å². The van der Waals surface area contributed by atoms with E-state index in [1.165, 1.54) is 6.07 Å². The molecule has 32 heteroatoms. The van der Waals surface area contributed by atoms with E-state index in [-0.39, 0.29) is 80.1 Å². The number of hydrogen-bond acceptors (Lipinski definition) is 19. The number of aryl methyl sites for hydroxylation is 6. The van der Waals surface area contributed by atoms with E-state index in [4.69, 9.17) is 57.7 Å². The van der Waals surface area contributed by atoms with Crippen LogP contribution in [0, 0.1) is 64.8 Å². The number of rotatable bonds is 16. The van der Waals surface area contributed by atoms with Crippen LogP contribution < -0.4 is 31.6 Å². The predicted molar refractivity (Wildman–Crippen MR) is 457 cm³/mol. The first-order valence-corrected chi connectivity index (χ1v) is 40.2. The van der Waals surface area contributed by atoms with Crippen molar-refractivity contribution in [2.75, 3.05) is 36.9 Å². The lowest BCUT2D eigenvalue weighted by Gasteiger charge is -2.37. The molecule has 0 radical (unpaired) electrons. The number of amides is 4. The second kappa shape index (κ2) is 41.4. The first-order chi connectivity index (χ1) is 56.2. The van der Waals surface area contributed by atoms with Gasteiger partial charge in [0, 0.05) is 95.5 Å². The van der Waals surface area contributed by atoms with Crippen LogP contribution in [0.5, 0.6) is 0 Å². The molecule has 640 valence electrons. The second-order valence-corrected chi connectivity index (χ2v) is 31.0. The Hall–Kier alpha value is -9.87. The number of carboxylic acids is 1. The number of carbonyl (C=O) groups is 5. The van der Waals surface area contributed by atoms with Gasteiger partial charge in [0.2, 0.25) is 23.6 Å². The molecule has 5 aromatic carbocycles. The molecule has 26 nitrogen and oxygen atoms in total. The Labute approximate surface area is 708 Å². The largest absolute Gasteiger partial charge is 0.488 e. The molecule has 3 atom stereocenters. The number of carbonyl (C=O) groups excluding carboxylic acids is 4. The monoisotopic (exact) mass is 1760 g/mol. The maximum atomic E-state index is 14.3. The van der Waals surface area contributed by atoms with Crippen molar-refractivity contribution in [1.82, 2.24) is 45.2 Å². The zero-order valence-electron chi connectivity index (χ0n) is 68.1. The van der Waals surface area contributed by atoms with Gasteiger partial charge in [-0.05, 0) is 240 Å². The van der Waals surface area contributed by atoms with Crippen LogP contribution in [0.25, 0.3) is 55.4 Å². The summed E-state index contributed by atoms with van der Waals surface area (Å²) in [5.74, 6) is -1.05. The molecule has 0 spiro atoms. The van der Waals surface area contributed by atoms with Crippen molar-refractivity contribution in [3.05, 3.63) is 160 Å². The first kappa shape index (κ1) is 91.4. The number of methoxy groups -OCH3 is 3. The van der Waals surface area contributed by atoms with E-state index in [1.54, 1.807) is 26.2 Å². The number of imidazole rings is 2. The molecule has 3 aliphatic heterocycles. The van der Waals surface area contributed by atoms with E-state index in [0.717, 1.165) is 241 Å². The maximum Gasteiger partial charge on any atom is 0.488 e. The fourth-order valence-electron chi connectivity index (χ4n) is 17.1. The van der Waals surface area contributed by atoms with Gasteiger partial charge in [0.1, 0.15) is 35.0 Å². The molecule has 3 saturated heterocycles. The maximum absolute atomic E-state index is 14.3. The molecule has 7 N–H and O–H groups in total. The molecule has 0 unspecified atom stereocenters. The summed E-state index contributed by atoms with van der Waals surface area (Å²) < 4.78 is 90.1. The van der Waals surface area contributed by atoms with Crippen molar-refractivity contribution in [2.45, 2.75) is 245 Å². The van der Waals surface area contributed by atoms with Gasteiger partial charge in [-0.2, -0.15) is 0 Å². The van der Waals surface area contributed by atoms with Gasteiger partial charge in [-0.15, -0.1) is 24.0 Å². The Balaban J connectivity index is 0.000000187. The average molecular weight is 1760 g/mol. The van der Waals surface area contributed by atoms with E-state index >= 15 is 0 Å². The topological polar surface area (TPSA) is 339 Å². The molecule has 8 heterocycles. The molecule has 0 bridgehead atoms. The van der Waals surface area contributed by atoms with Crippen LogP contribution in [0.4, 0.5) is 34.6 Å². The number of aliphatic carboxylic acids is 1. The van der Waals surface area contributed by atoms with Crippen LogP contribution in [0.15, 0.2) is 105 Å². The van der Waals surface area contributed by atoms with Crippen molar-refractivity contribution >= 4 is 105 Å². The second-order valence-electron chi connectivity index (χ2n) is 31.0. The third-order valence-electron chi connectivity index (χ3n) is 23.0. The number of piperidine rings is 3. The number of halogens is 5. The van der Waals surface area contributed by atoms with Crippen molar-refractivity contribution in [3.63, 3.8) is 0 Å². The van der Waals surface area contributed by atoms with Gasteiger partial charge in [0.15, 0.2) is 23.3 Å². The fraction of sp³-hybridized carbons (Fsp3) is 0.471. The minimum atomic E-state index is -1.76. The number of nitrogens with zero attached hydrogens (tertiary/aromatic N) is 8. The minimum absolute atomic E-state index is 0. The lowest BCUT2D eigenvalue weighted by Crippen LogP contribution is -2.46. The summed E-state index contributed by atoms with van der Waals surface area (Å²) in [7, 11) is 3.57. The molecular formula is C87H110BF4IN12O14. The minimum Gasteiger partial charge on any atom is -0.481 e. The summed E-state index contributed by atoms with van der Waals surface area (Å²) in [6, 6.07) is 24.9. The van der Waals surface area contributed by atoms with Gasteiger partial charge in [0.25, 0.3) is 5.97 Å². The standard InChI is InChI=1S/C30H32F2N4O3.C24H32N4O4.C24H30N4O3.C6H5BF2O2.C2H4O2.CH4.HI.H2/c1-17-29(18(2)39-34-17)19-7-14-26-25(15-19)33-30(36(26)20-8-11-22(38-3)12-9-20)27-5-4-6-28(37)35(27)21-10-13-23(31)24(32)16-21;1-14-23(15(2)32-28-14)16-7-12-19(25-17-8-10-18(31-3)11-9-17)21(13-16)27-24(30)20-5-4-6-22(29)26-20;1-14-23(15(2)31-27-14)16-7-12-21-20(13-16)26-24(19-5-4-6-22(29)25-19)28(21)17-8-10-18(30-3)11-9-17;8-5-2-1-4(7(10)11)3-6(5)9;1-2(3)4;;;/h7,10,13-16,20,22,27H,4-6,8-9,11-12H2,1-3H3;7,12-13,17-18,20,25H,4-6,8-11H2,1-3H3,(H,26,29)(H,27,30);7,12-13,17-19H,4-6,8-11H2,1-3H3,(H,25,29);1-3,10-11H;1H3,(H,3,4);1H4;2*1H/t20?,22?,27-;17?,18?,20-;17?,18?,19-;;;;;/m000...../s1/i;;;;;;;1+1. The molecule has 16 rings (SSSR count). The smallest absolute Gasteiger partial charge is 0.481 e. The molecule has 10 aromatic rings. The summed E-state index contributed by atoms with van der Waals surface area (Å²) in [6.45, 7) is 12.6. The summed E-state index contributed by atoms with van der Waals surface area (Å²) >= 11 is 0. The Morgan fingerprint density at radius 2 is 0.975 bits per heavy atom. The quantitative estimate of drug-likeness (QED) is 0.0268. The zero-order chi connectivity index (χ0) is 83.5. The highest BCUT2D eigenvalue weighted by Crippen LogP contribution is 2.45. The normalized spacial score (nSPS) is 21.1. The van der Waals surface area contributed by atoms with Gasteiger partial charge in [-0.3, -0.25) is 24.0 Å². The third-order valence-corrected chi connectivity index (χ3v) is 23.0. The number of ether oxygens (including phenoxy) is 3. The van der Waals surface area contributed by atoms with E-state index < -0.39 is 48.4 Å². The third kappa shape index (κ3) is 21.8. The van der Waals surface area contributed by atoms with Gasteiger partial charge in [-0.1, -0.05) is 47.2 Å². The lowest BCUT2D eigenvalue weighted by molar-refractivity contribution is -0.134. The van der Waals surface area contributed by atoms with Crippen molar-refractivity contribution < 1.29 is 85.9 Å². The summed E-state index contributed by atoms with van der Waals surface area (Å²) in [6.07, 6.45) is 18.9. The Kier molecular flexibility index (Phi) is 31.8.